The summed E-state index contributed by atoms with van der Waals surface area (Å²) in [5.41, 5.74) is 1.89. The standard InChI is InChI=1S/C14H8I2N4/c15-10-7-4-8-11(16)12(10)14-19-17-13(18-20-14)9-5-2-1-3-6-9/h1-8H. The molecule has 0 spiro atoms. The smallest absolute Gasteiger partial charge is 0.126 e. The number of benzene rings is 2. The summed E-state index contributed by atoms with van der Waals surface area (Å²) in [5.74, 6) is 1.09. The van der Waals surface area contributed by atoms with E-state index in [9.17, 15) is 0 Å². The van der Waals surface area contributed by atoms with Gasteiger partial charge in [0.1, 0.15) is 0 Å². The van der Waals surface area contributed by atoms with Gasteiger partial charge in [-0.05, 0) is 57.3 Å². The van der Waals surface area contributed by atoms with E-state index in [0.717, 1.165) is 18.3 Å². The van der Waals surface area contributed by atoms with Crippen LogP contribution in [0.5, 0.6) is 0 Å². The molecular weight excluding hydrogens is 478 g/mol. The maximum Gasteiger partial charge on any atom is 0.205 e. The molecule has 0 bridgehead atoms. The van der Waals surface area contributed by atoms with Crippen LogP contribution in [0.2, 0.25) is 0 Å². The largest absolute Gasteiger partial charge is 0.205 e. The first-order chi connectivity index (χ1) is 9.75. The topological polar surface area (TPSA) is 51.6 Å². The van der Waals surface area contributed by atoms with E-state index in [4.69, 9.17) is 0 Å². The molecule has 0 N–H and O–H groups in total. The summed E-state index contributed by atoms with van der Waals surface area (Å²) in [6.45, 7) is 0. The van der Waals surface area contributed by atoms with Crippen LogP contribution in [0.4, 0.5) is 0 Å². The van der Waals surface area contributed by atoms with Crippen molar-refractivity contribution in [2.75, 3.05) is 0 Å². The molecule has 0 saturated carbocycles. The van der Waals surface area contributed by atoms with Crippen molar-refractivity contribution < 1.29 is 0 Å². The fourth-order valence-corrected chi connectivity index (χ4v) is 3.74. The maximum atomic E-state index is 4.21. The Balaban J connectivity index is 2.02. The molecular formula is C14H8I2N4. The first-order valence-electron chi connectivity index (χ1n) is 5.83. The lowest BCUT2D eigenvalue weighted by atomic mass is 10.2. The van der Waals surface area contributed by atoms with E-state index in [2.05, 4.69) is 65.6 Å². The number of hydrogen-bond donors (Lipinski definition) is 0. The third-order valence-corrected chi connectivity index (χ3v) is 4.50. The molecule has 0 aliphatic carbocycles. The van der Waals surface area contributed by atoms with Crippen molar-refractivity contribution in [1.82, 2.24) is 20.4 Å². The average Bonchev–Trinajstić information content (AvgIpc) is 2.49. The van der Waals surface area contributed by atoms with Gasteiger partial charge in [0.05, 0.1) is 0 Å². The normalized spacial score (nSPS) is 10.5. The molecule has 3 aromatic rings. The van der Waals surface area contributed by atoms with Crippen LogP contribution in [0.1, 0.15) is 0 Å². The minimum absolute atomic E-state index is 0.537. The van der Waals surface area contributed by atoms with Crippen molar-refractivity contribution in [3.8, 4) is 22.8 Å². The molecule has 4 nitrogen and oxygen atoms in total. The lowest BCUT2D eigenvalue weighted by Crippen LogP contribution is -2.01. The molecule has 20 heavy (non-hydrogen) atoms. The zero-order valence-electron chi connectivity index (χ0n) is 10.2. The summed E-state index contributed by atoms with van der Waals surface area (Å²) >= 11 is 4.54. The van der Waals surface area contributed by atoms with Gasteiger partial charge in [0.15, 0.2) is 0 Å². The van der Waals surface area contributed by atoms with Gasteiger partial charge < -0.3 is 0 Å². The van der Waals surface area contributed by atoms with Gasteiger partial charge in [-0.1, -0.05) is 36.4 Å². The number of nitrogens with zero attached hydrogens (tertiary/aromatic N) is 4. The minimum Gasteiger partial charge on any atom is -0.126 e. The highest BCUT2D eigenvalue weighted by atomic mass is 127. The Bertz CT molecular complexity index is 710. The summed E-state index contributed by atoms with van der Waals surface area (Å²) in [5, 5.41) is 16.8. The van der Waals surface area contributed by atoms with E-state index < -0.39 is 0 Å². The molecule has 0 atom stereocenters. The Labute approximate surface area is 143 Å². The predicted octanol–water partition coefficient (Wildman–Crippen LogP) is 3.81. The molecule has 1 aromatic heterocycles. The van der Waals surface area contributed by atoms with Crippen molar-refractivity contribution >= 4 is 45.2 Å². The predicted molar refractivity (Wildman–Crippen MR) is 93.9 cm³/mol. The van der Waals surface area contributed by atoms with E-state index in [-0.39, 0.29) is 0 Å². The second kappa shape index (κ2) is 6.08. The van der Waals surface area contributed by atoms with E-state index >= 15 is 0 Å². The van der Waals surface area contributed by atoms with E-state index in [0.29, 0.717) is 11.6 Å². The van der Waals surface area contributed by atoms with Crippen LogP contribution < -0.4 is 0 Å². The van der Waals surface area contributed by atoms with Crippen LogP contribution in [0.15, 0.2) is 48.5 Å². The van der Waals surface area contributed by atoms with Gasteiger partial charge in [-0.25, -0.2) is 0 Å². The highest BCUT2D eigenvalue weighted by Crippen LogP contribution is 2.27. The van der Waals surface area contributed by atoms with Crippen LogP contribution in [0, 0.1) is 7.14 Å². The van der Waals surface area contributed by atoms with Crippen molar-refractivity contribution in [3.63, 3.8) is 0 Å². The quantitative estimate of drug-likeness (QED) is 0.518. The van der Waals surface area contributed by atoms with Gasteiger partial charge in [-0.3, -0.25) is 0 Å². The molecule has 6 heteroatoms. The second-order valence-corrected chi connectivity index (χ2v) is 6.33. The first kappa shape index (κ1) is 13.8. The van der Waals surface area contributed by atoms with Crippen molar-refractivity contribution in [3.05, 3.63) is 55.7 Å². The number of halogens is 2. The Morgan fingerprint density at radius 2 is 1.15 bits per heavy atom. The van der Waals surface area contributed by atoms with Crippen molar-refractivity contribution in [2.45, 2.75) is 0 Å². The van der Waals surface area contributed by atoms with Gasteiger partial charge in [-0.2, -0.15) is 0 Å². The lowest BCUT2D eigenvalue weighted by Gasteiger charge is -2.05. The molecule has 2 aromatic carbocycles. The third-order valence-electron chi connectivity index (χ3n) is 2.70. The summed E-state index contributed by atoms with van der Waals surface area (Å²) in [7, 11) is 0. The summed E-state index contributed by atoms with van der Waals surface area (Å²) in [6, 6.07) is 15.8. The number of rotatable bonds is 2. The lowest BCUT2D eigenvalue weighted by molar-refractivity contribution is 0.875. The molecule has 0 radical (unpaired) electrons. The molecule has 0 aliphatic rings. The second-order valence-electron chi connectivity index (χ2n) is 4.01. The molecule has 0 aliphatic heterocycles. The fraction of sp³-hybridized carbons (Fsp3) is 0. The molecule has 0 fully saturated rings. The molecule has 98 valence electrons. The maximum absolute atomic E-state index is 4.21. The Kier molecular flexibility index (Phi) is 4.20. The van der Waals surface area contributed by atoms with Crippen LogP contribution in [-0.2, 0) is 0 Å². The van der Waals surface area contributed by atoms with Crippen molar-refractivity contribution in [2.24, 2.45) is 0 Å². The third kappa shape index (κ3) is 2.80. The van der Waals surface area contributed by atoms with Crippen LogP contribution in [0.3, 0.4) is 0 Å². The van der Waals surface area contributed by atoms with Gasteiger partial charge >= 0.3 is 0 Å². The summed E-state index contributed by atoms with van der Waals surface area (Å²) < 4.78 is 2.18. The summed E-state index contributed by atoms with van der Waals surface area (Å²) in [6.07, 6.45) is 0. The minimum atomic E-state index is 0.537. The number of hydrogen-bond acceptors (Lipinski definition) is 4. The van der Waals surface area contributed by atoms with Crippen LogP contribution >= 0.6 is 45.2 Å². The van der Waals surface area contributed by atoms with Crippen LogP contribution in [0.25, 0.3) is 22.8 Å². The molecule has 0 unspecified atom stereocenters. The number of aromatic nitrogens is 4. The van der Waals surface area contributed by atoms with Gasteiger partial charge in [0.2, 0.25) is 11.6 Å². The van der Waals surface area contributed by atoms with Crippen molar-refractivity contribution in [1.29, 1.82) is 0 Å². The molecule has 0 saturated heterocycles. The Morgan fingerprint density at radius 3 is 1.75 bits per heavy atom. The first-order valence-corrected chi connectivity index (χ1v) is 7.98. The van der Waals surface area contributed by atoms with E-state index in [1.807, 2.05) is 48.5 Å². The zero-order chi connectivity index (χ0) is 13.9. The molecule has 3 rings (SSSR count). The highest BCUT2D eigenvalue weighted by Gasteiger charge is 2.12. The average molecular weight is 486 g/mol. The summed E-state index contributed by atoms with van der Waals surface area (Å²) in [4.78, 5) is 0. The van der Waals surface area contributed by atoms with Gasteiger partial charge in [-0.15, -0.1) is 20.4 Å². The molecule has 1 heterocycles. The fourth-order valence-electron chi connectivity index (χ4n) is 1.74. The van der Waals surface area contributed by atoms with Gasteiger partial charge in [0, 0.05) is 18.3 Å². The van der Waals surface area contributed by atoms with E-state index in [1.165, 1.54) is 0 Å². The van der Waals surface area contributed by atoms with Gasteiger partial charge in [0.25, 0.3) is 0 Å². The monoisotopic (exact) mass is 486 g/mol. The molecule has 0 amide bonds. The van der Waals surface area contributed by atoms with Crippen LogP contribution in [-0.4, -0.2) is 20.4 Å². The SMILES string of the molecule is Ic1cccc(I)c1-c1nnc(-c2ccccc2)nn1. The Morgan fingerprint density at radius 1 is 0.600 bits per heavy atom. The van der Waals surface area contributed by atoms with E-state index in [1.54, 1.807) is 0 Å². The highest BCUT2D eigenvalue weighted by molar-refractivity contribution is 14.1. The zero-order valence-corrected chi connectivity index (χ0v) is 14.5. The Hall–Kier alpha value is -1.16.